The van der Waals surface area contributed by atoms with Crippen molar-refractivity contribution in [3.63, 3.8) is 0 Å². The fourth-order valence-corrected chi connectivity index (χ4v) is 6.38. The zero-order chi connectivity index (χ0) is 18.0. The molecule has 0 amide bonds. The van der Waals surface area contributed by atoms with E-state index in [-0.39, 0.29) is 47.9 Å². The maximum atomic E-state index is 11.7. The SMILES string of the molecule is I.O=S1(=O)CCC(CN=C(NCC2CCCCO2)NC2CC3CCC2O3)C1. The number of hydrogen-bond donors (Lipinski definition) is 2. The molecule has 2 bridgehead atoms. The molecule has 4 fully saturated rings. The smallest absolute Gasteiger partial charge is 0.191 e. The van der Waals surface area contributed by atoms with Crippen molar-refractivity contribution in [1.29, 1.82) is 0 Å². The van der Waals surface area contributed by atoms with Gasteiger partial charge in [0.25, 0.3) is 0 Å². The van der Waals surface area contributed by atoms with Crippen molar-refractivity contribution in [3.8, 4) is 0 Å². The fraction of sp³-hybridized carbons (Fsp3) is 0.944. The lowest BCUT2D eigenvalue weighted by Gasteiger charge is -2.26. The second-order valence-corrected chi connectivity index (χ2v) is 10.4. The summed E-state index contributed by atoms with van der Waals surface area (Å²) in [5.41, 5.74) is 0. The molecule has 0 aromatic carbocycles. The molecule has 0 aromatic heterocycles. The number of sulfone groups is 1. The normalized spacial score (nSPS) is 37.8. The summed E-state index contributed by atoms with van der Waals surface area (Å²) in [5, 5.41) is 6.97. The van der Waals surface area contributed by atoms with Crippen LogP contribution in [0.1, 0.15) is 44.9 Å². The second-order valence-electron chi connectivity index (χ2n) is 8.19. The van der Waals surface area contributed by atoms with Gasteiger partial charge >= 0.3 is 0 Å². The topological polar surface area (TPSA) is 89.0 Å². The van der Waals surface area contributed by atoms with Gasteiger partial charge in [-0.3, -0.25) is 4.99 Å². The monoisotopic (exact) mass is 513 g/mol. The number of halogens is 1. The summed E-state index contributed by atoms with van der Waals surface area (Å²) in [6, 6.07) is 0.305. The maximum absolute atomic E-state index is 11.7. The number of rotatable bonds is 5. The first-order valence-electron chi connectivity index (χ1n) is 10.1. The number of ether oxygens (including phenoxy) is 2. The van der Waals surface area contributed by atoms with Gasteiger partial charge in [0.2, 0.25) is 0 Å². The van der Waals surface area contributed by atoms with Crippen LogP contribution in [0.4, 0.5) is 0 Å². The molecular formula is C18H32IN3O4S. The number of aliphatic imine (C=N–C) groups is 1. The van der Waals surface area contributed by atoms with Crippen LogP contribution in [0.5, 0.6) is 0 Å². The number of nitrogens with one attached hydrogen (secondary N) is 2. The second kappa shape index (κ2) is 9.58. The quantitative estimate of drug-likeness (QED) is 0.329. The minimum Gasteiger partial charge on any atom is -0.376 e. The maximum Gasteiger partial charge on any atom is 0.191 e. The molecule has 4 aliphatic heterocycles. The molecule has 27 heavy (non-hydrogen) atoms. The van der Waals surface area contributed by atoms with E-state index in [0.29, 0.717) is 24.4 Å². The minimum atomic E-state index is -2.85. The van der Waals surface area contributed by atoms with Crippen LogP contribution >= 0.6 is 24.0 Å². The van der Waals surface area contributed by atoms with Crippen LogP contribution in [0.3, 0.4) is 0 Å². The molecule has 9 heteroatoms. The van der Waals surface area contributed by atoms with E-state index in [1.54, 1.807) is 0 Å². The summed E-state index contributed by atoms with van der Waals surface area (Å²) >= 11 is 0. The molecule has 2 N–H and O–H groups in total. The summed E-state index contributed by atoms with van der Waals surface area (Å²) < 4.78 is 35.1. The average molecular weight is 513 g/mol. The zero-order valence-corrected chi connectivity index (χ0v) is 18.9. The van der Waals surface area contributed by atoms with Crippen molar-refractivity contribution in [2.24, 2.45) is 10.9 Å². The van der Waals surface area contributed by atoms with Gasteiger partial charge in [0.1, 0.15) is 0 Å². The summed E-state index contributed by atoms with van der Waals surface area (Å²) in [7, 11) is -2.85. The van der Waals surface area contributed by atoms with E-state index in [9.17, 15) is 8.42 Å². The Bertz CT molecular complexity index is 624. The van der Waals surface area contributed by atoms with Crippen LogP contribution < -0.4 is 10.6 Å². The van der Waals surface area contributed by atoms with Crippen molar-refractivity contribution in [3.05, 3.63) is 0 Å². The van der Waals surface area contributed by atoms with Crippen LogP contribution in [0.2, 0.25) is 0 Å². The molecule has 4 rings (SSSR count). The van der Waals surface area contributed by atoms with E-state index in [1.807, 2.05) is 0 Å². The molecule has 5 atom stereocenters. The highest BCUT2D eigenvalue weighted by Crippen LogP contribution is 2.34. The Kier molecular flexibility index (Phi) is 7.65. The van der Waals surface area contributed by atoms with E-state index in [0.717, 1.165) is 51.2 Å². The summed E-state index contributed by atoms with van der Waals surface area (Å²) in [6.45, 7) is 2.14. The molecule has 0 aromatic rings. The Labute approximate surface area is 179 Å². The first kappa shape index (κ1) is 21.6. The lowest BCUT2D eigenvalue weighted by atomic mass is 9.96. The van der Waals surface area contributed by atoms with Crippen LogP contribution in [-0.4, -0.2) is 69.9 Å². The van der Waals surface area contributed by atoms with Crippen molar-refractivity contribution in [1.82, 2.24) is 10.6 Å². The molecule has 5 unspecified atom stereocenters. The highest BCUT2D eigenvalue weighted by atomic mass is 127. The van der Waals surface area contributed by atoms with E-state index in [1.165, 1.54) is 12.8 Å². The van der Waals surface area contributed by atoms with Gasteiger partial charge in [0.05, 0.1) is 35.9 Å². The Morgan fingerprint density at radius 1 is 1.15 bits per heavy atom. The third-order valence-electron chi connectivity index (χ3n) is 6.03. The molecule has 0 spiro atoms. The predicted molar refractivity (Wildman–Crippen MR) is 116 cm³/mol. The number of nitrogens with zero attached hydrogens (tertiary/aromatic N) is 1. The average Bonchev–Trinajstić information content (AvgIpc) is 3.33. The number of guanidine groups is 1. The minimum absolute atomic E-state index is 0. The lowest BCUT2D eigenvalue weighted by Crippen LogP contribution is -2.49. The molecule has 4 saturated heterocycles. The molecule has 7 nitrogen and oxygen atoms in total. The molecular weight excluding hydrogens is 481 g/mol. The Morgan fingerprint density at radius 2 is 2.04 bits per heavy atom. The van der Waals surface area contributed by atoms with Crippen LogP contribution in [0.15, 0.2) is 4.99 Å². The van der Waals surface area contributed by atoms with Gasteiger partial charge in [0.15, 0.2) is 15.8 Å². The molecule has 0 aliphatic carbocycles. The Morgan fingerprint density at radius 3 is 2.67 bits per heavy atom. The predicted octanol–water partition coefficient (Wildman–Crippen LogP) is 1.46. The van der Waals surface area contributed by atoms with Gasteiger partial charge in [0, 0.05) is 19.7 Å². The standard InChI is InChI=1S/C18H31N3O4S.HI/c22-26(23)8-6-13(12-26)10-19-18(20-11-15-3-1-2-7-24-15)21-16-9-14-4-5-17(16)25-14;/h13-17H,1-12H2,(H2,19,20,21);1H. The van der Waals surface area contributed by atoms with Gasteiger partial charge < -0.3 is 20.1 Å². The zero-order valence-electron chi connectivity index (χ0n) is 15.8. The first-order chi connectivity index (χ1) is 12.6. The lowest BCUT2D eigenvalue weighted by molar-refractivity contribution is 0.0194. The highest BCUT2D eigenvalue weighted by molar-refractivity contribution is 14.0. The molecule has 0 radical (unpaired) electrons. The van der Waals surface area contributed by atoms with Gasteiger partial charge in [-0.25, -0.2) is 8.42 Å². The number of fused-ring (bicyclic) bond motifs is 2. The van der Waals surface area contributed by atoms with E-state index >= 15 is 0 Å². The molecule has 4 heterocycles. The first-order valence-corrected chi connectivity index (χ1v) is 11.9. The van der Waals surface area contributed by atoms with E-state index in [2.05, 4.69) is 10.6 Å². The largest absolute Gasteiger partial charge is 0.376 e. The van der Waals surface area contributed by atoms with Crippen LogP contribution in [0, 0.1) is 5.92 Å². The third kappa shape index (κ3) is 5.93. The van der Waals surface area contributed by atoms with Crippen molar-refractivity contribution in [2.75, 3.05) is 31.2 Å². The van der Waals surface area contributed by atoms with Gasteiger partial charge in [-0.05, 0) is 50.9 Å². The number of hydrogen-bond acceptors (Lipinski definition) is 5. The third-order valence-corrected chi connectivity index (χ3v) is 7.87. The summed E-state index contributed by atoms with van der Waals surface area (Å²) in [5.74, 6) is 1.50. The Balaban J connectivity index is 0.00000210. The van der Waals surface area contributed by atoms with E-state index in [4.69, 9.17) is 14.5 Å². The van der Waals surface area contributed by atoms with Gasteiger partial charge in [-0.15, -0.1) is 24.0 Å². The molecule has 4 aliphatic rings. The van der Waals surface area contributed by atoms with Crippen molar-refractivity contribution in [2.45, 2.75) is 69.3 Å². The Hall–Kier alpha value is -0.130. The van der Waals surface area contributed by atoms with E-state index < -0.39 is 9.84 Å². The summed E-state index contributed by atoms with van der Waals surface area (Å²) in [6.07, 6.45) is 8.38. The van der Waals surface area contributed by atoms with Crippen LogP contribution in [-0.2, 0) is 19.3 Å². The fourth-order valence-electron chi connectivity index (χ4n) is 4.53. The summed E-state index contributed by atoms with van der Waals surface area (Å²) in [4.78, 5) is 4.72. The van der Waals surface area contributed by atoms with Gasteiger partial charge in [-0.2, -0.15) is 0 Å². The van der Waals surface area contributed by atoms with Crippen molar-refractivity contribution < 1.29 is 17.9 Å². The van der Waals surface area contributed by atoms with Crippen LogP contribution in [0.25, 0.3) is 0 Å². The molecule has 0 saturated carbocycles. The van der Waals surface area contributed by atoms with Crippen molar-refractivity contribution >= 4 is 39.8 Å². The molecule has 156 valence electrons. The highest BCUT2D eigenvalue weighted by Gasteiger charge is 2.41. The van der Waals surface area contributed by atoms with Gasteiger partial charge in [-0.1, -0.05) is 0 Å².